The van der Waals surface area contributed by atoms with Gasteiger partial charge < -0.3 is 9.47 Å². The number of ketones is 1. The molecule has 108 valence electrons. The summed E-state index contributed by atoms with van der Waals surface area (Å²) >= 11 is 0. The first-order chi connectivity index (χ1) is 9.26. The molecule has 1 unspecified atom stereocenters. The van der Waals surface area contributed by atoms with Gasteiger partial charge >= 0.3 is 0 Å². The Hall–Kier alpha value is -0.410. The zero-order valence-corrected chi connectivity index (χ0v) is 11.9. The summed E-state index contributed by atoms with van der Waals surface area (Å²) in [6.07, 6.45) is 12.8. The number of carbonyl (C=O) groups excluding carboxylic acids is 1. The first-order valence-electron chi connectivity index (χ1n) is 8.07. The van der Waals surface area contributed by atoms with E-state index in [-0.39, 0.29) is 5.60 Å². The second kappa shape index (κ2) is 5.92. The maximum absolute atomic E-state index is 11.2. The Balaban J connectivity index is 1.41. The van der Waals surface area contributed by atoms with Gasteiger partial charge in [-0.05, 0) is 38.5 Å². The van der Waals surface area contributed by atoms with Gasteiger partial charge in [0.2, 0.25) is 0 Å². The molecule has 3 nitrogen and oxygen atoms in total. The van der Waals surface area contributed by atoms with E-state index in [0.717, 1.165) is 25.9 Å². The van der Waals surface area contributed by atoms with Crippen LogP contribution in [0.1, 0.15) is 70.6 Å². The fourth-order valence-electron chi connectivity index (χ4n) is 3.90. The smallest absolute Gasteiger partial charge is 0.133 e. The molecule has 0 bridgehead atoms. The van der Waals surface area contributed by atoms with Crippen LogP contribution in [0, 0.1) is 0 Å². The van der Waals surface area contributed by atoms with E-state index >= 15 is 0 Å². The van der Waals surface area contributed by atoms with Crippen LogP contribution in [0.25, 0.3) is 0 Å². The van der Waals surface area contributed by atoms with E-state index in [9.17, 15) is 4.79 Å². The molecule has 3 heteroatoms. The Labute approximate surface area is 116 Å². The maximum Gasteiger partial charge on any atom is 0.133 e. The van der Waals surface area contributed by atoms with Crippen molar-refractivity contribution in [3.63, 3.8) is 0 Å². The molecule has 1 atom stereocenters. The molecule has 3 fully saturated rings. The lowest BCUT2D eigenvalue weighted by Gasteiger charge is -2.33. The van der Waals surface area contributed by atoms with Crippen molar-refractivity contribution in [1.82, 2.24) is 0 Å². The summed E-state index contributed by atoms with van der Waals surface area (Å²) in [7, 11) is 0. The molecular formula is C16H26O3. The van der Waals surface area contributed by atoms with E-state index in [4.69, 9.17) is 9.47 Å². The zero-order valence-electron chi connectivity index (χ0n) is 11.9. The van der Waals surface area contributed by atoms with Gasteiger partial charge in [0.15, 0.2) is 0 Å². The number of carbonyl (C=O) groups is 1. The third-order valence-electron chi connectivity index (χ3n) is 5.11. The average molecular weight is 266 g/mol. The summed E-state index contributed by atoms with van der Waals surface area (Å²) in [5.74, 6) is 0.401. The van der Waals surface area contributed by atoms with Crippen molar-refractivity contribution >= 4 is 5.78 Å². The molecule has 0 aromatic carbocycles. The Bertz CT molecular complexity index is 310. The first-order valence-corrected chi connectivity index (χ1v) is 8.07. The number of Topliss-reactive ketones (excluding diaryl/α,β-unsaturated/α-hetero) is 1. The molecule has 1 heterocycles. The standard InChI is InChI=1S/C16H26O3/c17-13-4-6-14(7-5-13)18-12-15-8-11-16(19-15)9-2-1-3-10-16/h14-15H,1-12H2. The van der Waals surface area contributed by atoms with Crippen LogP contribution >= 0.6 is 0 Å². The van der Waals surface area contributed by atoms with Crippen LogP contribution in [0.5, 0.6) is 0 Å². The van der Waals surface area contributed by atoms with Crippen molar-refractivity contribution < 1.29 is 14.3 Å². The molecule has 0 radical (unpaired) electrons. The summed E-state index contributed by atoms with van der Waals surface area (Å²) < 4.78 is 12.3. The zero-order chi connectivity index (χ0) is 13.1. The van der Waals surface area contributed by atoms with Gasteiger partial charge in [-0.1, -0.05) is 19.3 Å². The van der Waals surface area contributed by atoms with Crippen molar-refractivity contribution in [2.24, 2.45) is 0 Å². The minimum Gasteiger partial charge on any atom is -0.376 e. The van der Waals surface area contributed by atoms with Crippen LogP contribution in [-0.4, -0.2) is 30.2 Å². The molecule has 19 heavy (non-hydrogen) atoms. The molecule has 1 spiro atoms. The molecule has 3 aliphatic rings. The monoisotopic (exact) mass is 266 g/mol. The van der Waals surface area contributed by atoms with E-state index in [2.05, 4.69) is 0 Å². The largest absolute Gasteiger partial charge is 0.376 e. The van der Waals surface area contributed by atoms with Crippen molar-refractivity contribution in [1.29, 1.82) is 0 Å². The van der Waals surface area contributed by atoms with Crippen molar-refractivity contribution in [2.45, 2.75) is 88.4 Å². The van der Waals surface area contributed by atoms with Gasteiger partial charge in [0.05, 0.1) is 24.4 Å². The molecule has 1 saturated heterocycles. The quantitative estimate of drug-likeness (QED) is 0.785. The highest BCUT2D eigenvalue weighted by Crippen LogP contribution is 2.42. The predicted octanol–water partition coefficient (Wildman–Crippen LogP) is 3.40. The van der Waals surface area contributed by atoms with Gasteiger partial charge in [0, 0.05) is 12.8 Å². The molecular weight excluding hydrogens is 240 g/mol. The molecule has 1 aliphatic heterocycles. The highest BCUT2D eigenvalue weighted by molar-refractivity contribution is 5.79. The van der Waals surface area contributed by atoms with Crippen LogP contribution in [0.3, 0.4) is 0 Å². The van der Waals surface area contributed by atoms with Crippen molar-refractivity contribution in [2.75, 3.05) is 6.61 Å². The Morgan fingerprint density at radius 2 is 1.79 bits per heavy atom. The Morgan fingerprint density at radius 3 is 2.53 bits per heavy atom. The molecule has 0 aromatic heterocycles. The Kier molecular flexibility index (Phi) is 4.23. The van der Waals surface area contributed by atoms with Gasteiger partial charge in [-0.2, -0.15) is 0 Å². The summed E-state index contributed by atoms with van der Waals surface area (Å²) in [5.41, 5.74) is 0.203. The third-order valence-corrected chi connectivity index (χ3v) is 5.11. The van der Waals surface area contributed by atoms with Gasteiger partial charge in [-0.15, -0.1) is 0 Å². The van der Waals surface area contributed by atoms with Gasteiger partial charge in [0.25, 0.3) is 0 Å². The summed E-state index contributed by atoms with van der Waals surface area (Å²) in [6, 6.07) is 0. The minimum atomic E-state index is 0.203. The van der Waals surface area contributed by atoms with Crippen LogP contribution < -0.4 is 0 Å². The molecule has 0 N–H and O–H groups in total. The lowest BCUT2D eigenvalue weighted by Crippen LogP contribution is -2.33. The normalized spacial score (nSPS) is 32.0. The lowest BCUT2D eigenvalue weighted by molar-refractivity contribution is -0.125. The average Bonchev–Trinajstić information content (AvgIpc) is 2.82. The second-order valence-corrected chi connectivity index (χ2v) is 6.59. The summed E-state index contributed by atoms with van der Waals surface area (Å²) in [5, 5.41) is 0. The summed E-state index contributed by atoms with van der Waals surface area (Å²) in [6.45, 7) is 0.737. The van der Waals surface area contributed by atoms with Crippen molar-refractivity contribution in [3.8, 4) is 0 Å². The number of rotatable bonds is 3. The molecule has 2 aliphatic carbocycles. The third kappa shape index (κ3) is 3.38. The first kappa shape index (κ1) is 13.6. The predicted molar refractivity (Wildman–Crippen MR) is 73.1 cm³/mol. The highest BCUT2D eigenvalue weighted by Gasteiger charge is 2.40. The van der Waals surface area contributed by atoms with Gasteiger partial charge in [0.1, 0.15) is 5.78 Å². The highest BCUT2D eigenvalue weighted by atomic mass is 16.6. The van der Waals surface area contributed by atoms with Crippen molar-refractivity contribution in [3.05, 3.63) is 0 Å². The molecule has 0 amide bonds. The number of ether oxygens (including phenoxy) is 2. The van der Waals surface area contributed by atoms with Crippen LogP contribution in [0.15, 0.2) is 0 Å². The molecule has 0 aromatic rings. The van der Waals surface area contributed by atoms with E-state index in [1.807, 2.05) is 0 Å². The minimum absolute atomic E-state index is 0.203. The molecule has 2 saturated carbocycles. The van der Waals surface area contributed by atoms with Gasteiger partial charge in [-0.25, -0.2) is 0 Å². The fourth-order valence-corrected chi connectivity index (χ4v) is 3.90. The van der Waals surface area contributed by atoms with E-state index in [1.165, 1.54) is 38.5 Å². The van der Waals surface area contributed by atoms with E-state index in [0.29, 0.717) is 30.8 Å². The van der Waals surface area contributed by atoms with Gasteiger partial charge in [-0.3, -0.25) is 4.79 Å². The van der Waals surface area contributed by atoms with Crippen LogP contribution in [0.4, 0.5) is 0 Å². The van der Waals surface area contributed by atoms with Crippen LogP contribution in [0.2, 0.25) is 0 Å². The summed E-state index contributed by atoms with van der Waals surface area (Å²) in [4.78, 5) is 11.2. The number of hydrogen-bond donors (Lipinski definition) is 0. The van der Waals surface area contributed by atoms with E-state index in [1.54, 1.807) is 0 Å². The molecule has 3 rings (SSSR count). The second-order valence-electron chi connectivity index (χ2n) is 6.59. The number of hydrogen-bond acceptors (Lipinski definition) is 3. The van der Waals surface area contributed by atoms with E-state index < -0.39 is 0 Å². The van der Waals surface area contributed by atoms with Crippen LogP contribution in [-0.2, 0) is 14.3 Å². The SMILES string of the molecule is O=C1CCC(OCC2CCC3(CCCCC3)O2)CC1. The fraction of sp³-hybridized carbons (Fsp3) is 0.938. The topological polar surface area (TPSA) is 35.5 Å². The lowest BCUT2D eigenvalue weighted by atomic mass is 9.83. The Morgan fingerprint density at radius 1 is 1.05 bits per heavy atom. The maximum atomic E-state index is 11.2.